The summed E-state index contributed by atoms with van der Waals surface area (Å²) in [5.74, 6) is 1.90. The van der Waals surface area contributed by atoms with Crippen LogP contribution in [0.4, 0.5) is 5.95 Å². The summed E-state index contributed by atoms with van der Waals surface area (Å²) >= 11 is 1.75. The summed E-state index contributed by atoms with van der Waals surface area (Å²) < 4.78 is 4.43. The summed E-state index contributed by atoms with van der Waals surface area (Å²) in [4.78, 5) is 7.07. The van der Waals surface area contributed by atoms with Crippen LogP contribution in [0, 0.1) is 0 Å². The Balaban J connectivity index is 1.38. The van der Waals surface area contributed by atoms with E-state index < -0.39 is 0 Å². The Morgan fingerprint density at radius 2 is 2.00 bits per heavy atom. The van der Waals surface area contributed by atoms with Gasteiger partial charge < -0.3 is 9.30 Å². The maximum atomic E-state index is 4.68. The molecular weight excluding hydrogens is 320 g/mol. The molecule has 3 aromatic rings. The Labute approximate surface area is 144 Å². The molecule has 0 aromatic carbocycles. The smallest absolute Gasteiger partial charge is 0.228 e. The van der Waals surface area contributed by atoms with Crippen LogP contribution in [-0.4, -0.2) is 37.2 Å². The van der Waals surface area contributed by atoms with Crippen LogP contribution in [-0.2, 0) is 5.75 Å². The average Bonchev–Trinajstić information content (AvgIpc) is 3.05. The fourth-order valence-electron chi connectivity index (χ4n) is 3.35. The zero-order valence-corrected chi connectivity index (χ0v) is 14.3. The highest BCUT2D eigenvalue weighted by Gasteiger charge is 2.32. The topological polar surface area (TPSA) is 51.2 Å². The lowest BCUT2D eigenvalue weighted by Crippen LogP contribution is -2.22. The Morgan fingerprint density at radius 1 is 1.12 bits per heavy atom. The molecule has 1 aliphatic heterocycles. The van der Waals surface area contributed by atoms with Crippen LogP contribution in [0.15, 0.2) is 35.7 Å². The number of rotatable bonds is 5. The van der Waals surface area contributed by atoms with E-state index in [0.717, 1.165) is 41.3 Å². The molecule has 1 aliphatic carbocycles. The quantitative estimate of drug-likeness (QED) is 0.668. The van der Waals surface area contributed by atoms with E-state index in [1.807, 2.05) is 24.4 Å². The van der Waals surface area contributed by atoms with Crippen molar-refractivity contribution >= 4 is 23.4 Å². The first-order valence-electron chi connectivity index (χ1n) is 8.64. The number of nitrogens with zero attached hydrogens (tertiary/aromatic N) is 6. The lowest BCUT2D eigenvalue weighted by molar-refractivity contribution is 0.651. The van der Waals surface area contributed by atoms with E-state index in [1.165, 1.54) is 25.7 Å². The number of pyridine rings is 1. The van der Waals surface area contributed by atoms with Gasteiger partial charge in [-0.15, -0.1) is 10.2 Å². The van der Waals surface area contributed by atoms with E-state index in [0.29, 0.717) is 6.04 Å². The van der Waals surface area contributed by atoms with Gasteiger partial charge in [-0.2, -0.15) is 0 Å². The fraction of sp³-hybridized carbons (Fsp3) is 0.471. The molecule has 4 heterocycles. The van der Waals surface area contributed by atoms with Crippen LogP contribution in [0.25, 0.3) is 5.65 Å². The Kier molecular flexibility index (Phi) is 3.47. The van der Waals surface area contributed by atoms with Crippen molar-refractivity contribution in [1.82, 2.24) is 24.1 Å². The highest BCUT2D eigenvalue weighted by Crippen LogP contribution is 2.41. The van der Waals surface area contributed by atoms with Gasteiger partial charge >= 0.3 is 0 Å². The standard InChI is InChI=1S/C17H20N6S/c1-2-10-22-11-13(18-15(22)5-1)12-24-17-20-19-16(21-8-3-4-9-21)23(17)14-6-7-14/h1-2,5,10-11,14H,3-4,6-9,12H2. The minimum absolute atomic E-state index is 0.596. The number of imidazole rings is 1. The van der Waals surface area contributed by atoms with Gasteiger partial charge in [-0.1, -0.05) is 17.8 Å². The third-order valence-electron chi connectivity index (χ3n) is 4.71. The normalized spacial score (nSPS) is 17.9. The molecule has 2 aliphatic rings. The number of thioether (sulfide) groups is 1. The van der Waals surface area contributed by atoms with Gasteiger partial charge in [0, 0.05) is 37.3 Å². The predicted octanol–water partition coefficient (Wildman–Crippen LogP) is 3.15. The molecule has 7 heteroatoms. The summed E-state index contributed by atoms with van der Waals surface area (Å²) in [5.41, 5.74) is 2.08. The molecule has 0 amide bonds. The molecule has 1 saturated heterocycles. The fourth-order valence-corrected chi connectivity index (χ4v) is 4.23. The highest BCUT2D eigenvalue weighted by atomic mass is 32.2. The second kappa shape index (κ2) is 5.81. The van der Waals surface area contributed by atoms with Crippen molar-refractivity contribution in [1.29, 1.82) is 0 Å². The maximum absolute atomic E-state index is 4.68. The zero-order chi connectivity index (χ0) is 15.9. The van der Waals surface area contributed by atoms with Gasteiger partial charge in [-0.3, -0.25) is 4.57 Å². The number of anilines is 1. The van der Waals surface area contributed by atoms with E-state index in [2.05, 4.69) is 35.2 Å². The molecule has 1 saturated carbocycles. The summed E-state index contributed by atoms with van der Waals surface area (Å²) in [6.45, 7) is 2.23. The maximum Gasteiger partial charge on any atom is 0.228 e. The minimum atomic E-state index is 0.596. The zero-order valence-electron chi connectivity index (χ0n) is 13.5. The average molecular weight is 340 g/mol. The molecular formula is C17H20N6S. The molecule has 3 aromatic heterocycles. The molecule has 0 spiro atoms. The first-order chi connectivity index (χ1) is 11.9. The summed E-state index contributed by atoms with van der Waals surface area (Å²) in [5, 5.41) is 10.0. The van der Waals surface area contributed by atoms with Crippen LogP contribution in [0.1, 0.15) is 37.4 Å². The number of aromatic nitrogens is 5. The van der Waals surface area contributed by atoms with Gasteiger partial charge in [0.2, 0.25) is 5.95 Å². The number of hydrogen-bond donors (Lipinski definition) is 0. The lowest BCUT2D eigenvalue weighted by atomic mass is 10.4. The van der Waals surface area contributed by atoms with E-state index in [-0.39, 0.29) is 0 Å². The van der Waals surface area contributed by atoms with Crippen LogP contribution in [0.3, 0.4) is 0 Å². The van der Waals surface area contributed by atoms with Crippen LogP contribution in [0.5, 0.6) is 0 Å². The predicted molar refractivity (Wildman–Crippen MR) is 94.5 cm³/mol. The van der Waals surface area contributed by atoms with Crippen molar-refractivity contribution in [2.45, 2.75) is 42.6 Å². The molecule has 124 valence electrons. The largest absolute Gasteiger partial charge is 0.341 e. The summed E-state index contributed by atoms with van der Waals surface area (Å²) in [7, 11) is 0. The highest BCUT2D eigenvalue weighted by molar-refractivity contribution is 7.98. The molecule has 0 atom stereocenters. The first-order valence-corrected chi connectivity index (χ1v) is 9.62. The van der Waals surface area contributed by atoms with Crippen LogP contribution >= 0.6 is 11.8 Å². The molecule has 24 heavy (non-hydrogen) atoms. The van der Waals surface area contributed by atoms with Gasteiger partial charge in [-0.05, 0) is 37.8 Å². The van der Waals surface area contributed by atoms with Crippen LogP contribution < -0.4 is 4.90 Å². The number of fused-ring (bicyclic) bond motifs is 1. The van der Waals surface area contributed by atoms with Gasteiger partial charge in [0.15, 0.2) is 5.16 Å². The van der Waals surface area contributed by atoms with Gasteiger partial charge in [0.1, 0.15) is 5.65 Å². The molecule has 0 radical (unpaired) electrons. The molecule has 5 rings (SSSR count). The SMILES string of the molecule is c1ccn2cc(CSc3nnc(N4CCCC4)n3C3CC3)nc2c1. The molecule has 2 fully saturated rings. The Hall–Kier alpha value is -2.02. The minimum Gasteiger partial charge on any atom is -0.341 e. The van der Waals surface area contributed by atoms with Crippen molar-refractivity contribution in [3.05, 3.63) is 36.3 Å². The third kappa shape index (κ3) is 2.56. The summed E-state index contributed by atoms with van der Waals surface area (Å²) in [6, 6.07) is 6.68. The van der Waals surface area contributed by atoms with Crippen molar-refractivity contribution in [2.24, 2.45) is 0 Å². The van der Waals surface area contributed by atoms with Crippen molar-refractivity contribution in [3.8, 4) is 0 Å². The molecule has 0 bridgehead atoms. The first kappa shape index (κ1) is 14.3. The third-order valence-corrected chi connectivity index (χ3v) is 5.69. The molecule has 6 nitrogen and oxygen atoms in total. The van der Waals surface area contributed by atoms with E-state index in [1.54, 1.807) is 11.8 Å². The summed E-state index contributed by atoms with van der Waals surface area (Å²) in [6.07, 6.45) is 9.17. The molecule has 0 unspecified atom stereocenters. The van der Waals surface area contributed by atoms with Crippen LogP contribution in [0.2, 0.25) is 0 Å². The number of hydrogen-bond acceptors (Lipinski definition) is 5. The van der Waals surface area contributed by atoms with Crippen molar-refractivity contribution in [3.63, 3.8) is 0 Å². The van der Waals surface area contributed by atoms with Gasteiger partial charge in [0.05, 0.1) is 5.69 Å². The Morgan fingerprint density at radius 3 is 2.79 bits per heavy atom. The Bertz CT molecular complexity index is 826. The van der Waals surface area contributed by atoms with Crippen molar-refractivity contribution < 1.29 is 0 Å². The molecule has 0 N–H and O–H groups in total. The second-order valence-corrected chi connectivity index (χ2v) is 7.51. The van der Waals surface area contributed by atoms with E-state index in [9.17, 15) is 0 Å². The second-order valence-electron chi connectivity index (χ2n) is 6.56. The monoisotopic (exact) mass is 340 g/mol. The lowest BCUT2D eigenvalue weighted by Gasteiger charge is -2.17. The van der Waals surface area contributed by atoms with E-state index in [4.69, 9.17) is 0 Å². The van der Waals surface area contributed by atoms with E-state index >= 15 is 0 Å². The van der Waals surface area contributed by atoms with Gasteiger partial charge in [-0.25, -0.2) is 4.98 Å². The van der Waals surface area contributed by atoms with Crippen molar-refractivity contribution in [2.75, 3.05) is 18.0 Å². The van der Waals surface area contributed by atoms with Gasteiger partial charge in [0.25, 0.3) is 0 Å².